The van der Waals surface area contributed by atoms with Gasteiger partial charge in [0.25, 0.3) is 5.92 Å². The van der Waals surface area contributed by atoms with Crippen LogP contribution in [0.1, 0.15) is 12.8 Å². The minimum absolute atomic E-state index is 0.0951. The van der Waals surface area contributed by atoms with E-state index in [4.69, 9.17) is 0 Å². The minimum Gasteiger partial charge on any atom is -0.371 e. The zero-order valence-electron chi connectivity index (χ0n) is 12.5. The normalized spacial score (nSPS) is 29.1. The van der Waals surface area contributed by atoms with Gasteiger partial charge >= 0.3 is 0 Å². The molecule has 0 amide bonds. The van der Waals surface area contributed by atoms with Gasteiger partial charge in [0.15, 0.2) is 0 Å². The zero-order valence-corrected chi connectivity index (χ0v) is 13.3. The molecule has 0 saturated carbocycles. The summed E-state index contributed by atoms with van der Waals surface area (Å²) in [5, 5.41) is 0. The van der Waals surface area contributed by atoms with Crippen molar-refractivity contribution in [2.45, 2.75) is 18.8 Å². The third-order valence-corrected chi connectivity index (χ3v) is 6.12. The summed E-state index contributed by atoms with van der Waals surface area (Å²) in [4.78, 5) is 1.93. The Balaban J connectivity index is 1.87. The SMILES string of the molecule is CS(=O)(=O)N1CCC(F)(F)[C@@]2(CCN(c3ccccc3)C2)C1. The highest BCUT2D eigenvalue weighted by Gasteiger charge is 2.60. The molecule has 122 valence electrons. The maximum Gasteiger partial charge on any atom is 0.257 e. The lowest BCUT2D eigenvalue weighted by atomic mass is 9.76. The van der Waals surface area contributed by atoms with E-state index >= 15 is 0 Å². The first kappa shape index (κ1) is 15.7. The van der Waals surface area contributed by atoms with Gasteiger partial charge in [-0.05, 0) is 18.6 Å². The van der Waals surface area contributed by atoms with E-state index in [1.807, 2.05) is 35.2 Å². The number of benzene rings is 1. The highest BCUT2D eigenvalue weighted by molar-refractivity contribution is 7.88. The Morgan fingerprint density at radius 2 is 1.73 bits per heavy atom. The monoisotopic (exact) mass is 330 g/mol. The van der Waals surface area contributed by atoms with Crippen molar-refractivity contribution in [1.82, 2.24) is 4.31 Å². The van der Waals surface area contributed by atoms with Gasteiger partial charge in [-0.25, -0.2) is 21.5 Å². The maximum absolute atomic E-state index is 14.6. The Kier molecular flexibility index (Phi) is 3.68. The first-order valence-corrected chi connectivity index (χ1v) is 9.21. The maximum atomic E-state index is 14.6. The summed E-state index contributed by atoms with van der Waals surface area (Å²) in [6.45, 7) is 0.522. The molecule has 2 heterocycles. The van der Waals surface area contributed by atoms with Crippen LogP contribution < -0.4 is 4.90 Å². The van der Waals surface area contributed by atoms with Gasteiger partial charge in [0.1, 0.15) is 0 Å². The number of alkyl halides is 2. The van der Waals surface area contributed by atoms with Crippen LogP contribution >= 0.6 is 0 Å². The number of halogens is 2. The van der Waals surface area contributed by atoms with Gasteiger partial charge in [0, 0.05) is 38.3 Å². The number of sulfonamides is 1. The molecule has 2 fully saturated rings. The number of rotatable bonds is 2. The third-order valence-electron chi connectivity index (χ3n) is 4.87. The van der Waals surface area contributed by atoms with Gasteiger partial charge < -0.3 is 4.90 Å². The van der Waals surface area contributed by atoms with Crippen molar-refractivity contribution in [1.29, 1.82) is 0 Å². The number of hydrogen-bond acceptors (Lipinski definition) is 3. The van der Waals surface area contributed by atoms with Crippen molar-refractivity contribution in [3.8, 4) is 0 Å². The fourth-order valence-electron chi connectivity index (χ4n) is 3.50. The summed E-state index contributed by atoms with van der Waals surface area (Å²) in [7, 11) is -3.44. The molecular weight excluding hydrogens is 310 g/mol. The highest BCUT2D eigenvalue weighted by Crippen LogP contribution is 2.50. The Morgan fingerprint density at radius 1 is 1.05 bits per heavy atom. The molecule has 0 unspecified atom stereocenters. The zero-order chi connectivity index (χ0) is 16.0. The topological polar surface area (TPSA) is 40.6 Å². The van der Waals surface area contributed by atoms with E-state index in [9.17, 15) is 17.2 Å². The number of piperidine rings is 1. The molecule has 0 aromatic heterocycles. The number of nitrogens with zero attached hydrogens (tertiary/aromatic N) is 2. The molecule has 0 aliphatic carbocycles. The first-order chi connectivity index (χ1) is 10.2. The molecule has 0 bridgehead atoms. The second kappa shape index (κ2) is 5.16. The summed E-state index contributed by atoms with van der Waals surface area (Å²) in [5.74, 6) is -2.84. The average molecular weight is 330 g/mol. The molecule has 0 radical (unpaired) electrons. The van der Waals surface area contributed by atoms with Crippen molar-refractivity contribution in [2.24, 2.45) is 5.41 Å². The van der Waals surface area contributed by atoms with E-state index in [-0.39, 0.29) is 19.6 Å². The largest absolute Gasteiger partial charge is 0.371 e. The molecule has 0 N–H and O–H groups in total. The van der Waals surface area contributed by atoms with Crippen molar-refractivity contribution in [2.75, 3.05) is 37.3 Å². The minimum atomic E-state index is -3.44. The Bertz CT molecular complexity index is 651. The van der Waals surface area contributed by atoms with E-state index in [1.165, 1.54) is 4.31 Å². The molecular formula is C15H20F2N2O2S. The number of hydrogen-bond donors (Lipinski definition) is 0. The number of anilines is 1. The van der Waals surface area contributed by atoms with Gasteiger partial charge in [0.05, 0.1) is 11.7 Å². The molecule has 2 aliphatic heterocycles. The molecule has 1 spiro atoms. The van der Waals surface area contributed by atoms with Gasteiger partial charge in [-0.15, -0.1) is 0 Å². The lowest BCUT2D eigenvalue weighted by Gasteiger charge is -2.45. The van der Waals surface area contributed by atoms with Crippen molar-refractivity contribution < 1.29 is 17.2 Å². The average Bonchev–Trinajstić information content (AvgIpc) is 2.88. The molecule has 2 saturated heterocycles. The van der Waals surface area contributed by atoms with Gasteiger partial charge in [-0.1, -0.05) is 18.2 Å². The van der Waals surface area contributed by atoms with Gasteiger partial charge in [-0.3, -0.25) is 0 Å². The van der Waals surface area contributed by atoms with E-state index in [0.717, 1.165) is 11.9 Å². The Labute approximate surface area is 129 Å². The van der Waals surface area contributed by atoms with Gasteiger partial charge in [0.2, 0.25) is 10.0 Å². The molecule has 7 heteroatoms. The predicted octanol–water partition coefficient (Wildman–Crippen LogP) is 2.18. The molecule has 2 aliphatic rings. The van der Waals surface area contributed by atoms with Crippen LogP contribution in [0.25, 0.3) is 0 Å². The number of para-hydroxylation sites is 1. The third kappa shape index (κ3) is 2.60. The Morgan fingerprint density at radius 3 is 2.36 bits per heavy atom. The summed E-state index contributed by atoms with van der Waals surface area (Å²) >= 11 is 0. The fourth-order valence-corrected chi connectivity index (χ4v) is 4.41. The highest BCUT2D eigenvalue weighted by atomic mass is 32.2. The molecule has 22 heavy (non-hydrogen) atoms. The van der Waals surface area contributed by atoms with Crippen LogP contribution in [0.5, 0.6) is 0 Å². The van der Waals surface area contributed by atoms with Crippen LogP contribution in [0, 0.1) is 5.41 Å². The molecule has 3 rings (SSSR count). The van der Waals surface area contributed by atoms with Crippen LogP contribution in [-0.2, 0) is 10.0 Å². The standard InChI is InChI=1S/C15H20F2N2O2S/c1-22(20,21)19-10-8-15(16,17)14(12-19)7-9-18(11-14)13-5-3-2-4-6-13/h2-6H,7-12H2,1H3/t14-/m1/s1. The smallest absolute Gasteiger partial charge is 0.257 e. The van der Waals surface area contributed by atoms with E-state index in [1.54, 1.807) is 0 Å². The van der Waals surface area contributed by atoms with Crippen molar-refractivity contribution >= 4 is 15.7 Å². The van der Waals surface area contributed by atoms with Crippen LogP contribution in [0.15, 0.2) is 30.3 Å². The molecule has 1 aromatic carbocycles. The quantitative estimate of drug-likeness (QED) is 0.834. The lowest BCUT2D eigenvalue weighted by Crippen LogP contribution is -2.58. The van der Waals surface area contributed by atoms with E-state index in [2.05, 4.69) is 0 Å². The predicted molar refractivity (Wildman–Crippen MR) is 81.7 cm³/mol. The van der Waals surface area contributed by atoms with E-state index in [0.29, 0.717) is 13.0 Å². The van der Waals surface area contributed by atoms with Crippen LogP contribution in [0.3, 0.4) is 0 Å². The molecule has 1 atom stereocenters. The van der Waals surface area contributed by atoms with Gasteiger partial charge in [-0.2, -0.15) is 0 Å². The second-order valence-electron chi connectivity index (χ2n) is 6.34. The summed E-state index contributed by atoms with van der Waals surface area (Å²) in [6, 6.07) is 9.43. The Hall–Kier alpha value is -1.21. The van der Waals surface area contributed by atoms with Crippen molar-refractivity contribution in [3.05, 3.63) is 30.3 Å². The van der Waals surface area contributed by atoms with Crippen molar-refractivity contribution in [3.63, 3.8) is 0 Å². The summed E-state index contributed by atoms with van der Waals surface area (Å²) in [5.41, 5.74) is -0.379. The molecule has 1 aromatic rings. The fraction of sp³-hybridized carbons (Fsp3) is 0.600. The lowest BCUT2D eigenvalue weighted by molar-refractivity contribution is -0.145. The van der Waals surface area contributed by atoms with Crippen LogP contribution in [0.2, 0.25) is 0 Å². The first-order valence-electron chi connectivity index (χ1n) is 7.37. The van der Waals surface area contributed by atoms with Crippen LogP contribution in [-0.4, -0.2) is 51.1 Å². The van der Waals surface area contributed by atoms with Crippen LogP contribution in [0.4, 0.5) is 14.5 Å². The van der Waals surface area contributed by atoms with E-state index < -0.39 is 27.8 Å². The second-order valence-corrected chi connectivity index (χ2v) is 8.32. The summed E-state index contributed by atoms with van der Waals surface area (Å²) in [6.07, 6.45) is 0.998. The molecule has 4 nitrogen and oxygen atoms in total. The summed E-state index contributed by atoms with van der Waals surface area (Å²) < 4.78 is 53.9.